The second-order valence-corrected chi connectivity index (χ2v) is 5.26. The first-order valence-corrected chi connectivity index (χ1v) is 6.95. The molecule has 0 bridgehead atoms. The largest absolute Gasteiger partial charge is 0.480 e. The highest BCUT2D eigenvalue weighted by Gasteiger charge is 2.46. The Morgan fingerprint density at radius 1 is 1.50 bits per heavy atom. The predicted octanol–water partition coefficient (Wildman–Crippen LogP) is 1.91. The highest BCUT2D eigenvalue weighted by Crippen LogP contribution is 2.28. The number of hydrogen-bond donors (Lipinski definition) is 3. The molecule has 0 saturated heterocycles. The molecule has 114 valence electrons. The number of carbonyl (C=O) groups is 2. The molecule has 0 spiro atoms. The Morgan fingerprint density at radius 2 is 2.27 bits per heavy atom. The van der Waals surface area contributed by atoms with Crippen molar-refractivity contribution < 1.29 is 14.7 Å². The summed E-state index contributed by atoms with van der Waals surface area (Å²) in [6.45, 7) is 3.49. The average molecular weight is 300 g/mol. The lowest BCUT2D eigenvalue weighted by atomic mass is 9.92. The highest BCUT2D eigenvalue weighted by molar-refractivity contribution is 6.11. The van der Waals surface area contributed by atoms with Gasteiger partial charge in [0.05, 0.1) is 11.4 Å². The van der Waals surface area contributed by atoms with E-state index in [1.807, 2.05) is 12.1 Å². The van der Waals surface area contributed by atoms with E-state index in [9.17, 15) is 14.7 Å². The topological polar surface area (TPSA) is 97.8 Å². The number of carbonyl (C=O) groups excluding carboxylic acids is 1. The van der Waals surface area contributed by atoms with Crippen LogP contribution in [0.5, 0.6) is 0 Å². The second kappa shape index (κ2) is 4.96. The van der Waals surface area contributed by atoms with Crippen LogP contribution in [0.4, 0.5) is 5.69 Å². The average Bonchev–Trinajstić information content (AvgIpc) is 3.07. The third kappa shape index (κ3) is 1.90. The van der Waals surface area contributed by atoms with Gasteiger partial charge in [-0.3, -0.25) is 4.79 Å². The lowest BCUT2D eigenvalue weighted by Crippen LogP contribution is -2.56. The van der Waals surface area contributed by atoms with Gasteiger partial charge in [0, 0.05) is 22.7 Å². The number of nitrogens with one attached hydrogen (secondary N) is 2. The van der Waals surface area contributed by atoms with Crippen LogP contribution >= 0.6 is 0 Å². The van der Waals surface area contributed by atoms with E-state index in [1.165, 1.54) is 5.12 Å². The molecule has 1 aromatic heterocycles. The quantitative estimate of drug-likeness (QED) is 0.749. The van der Waals surface area contributed by atoms with Gasteiger partial charge >= 0.3 is 5.97 Å². The number of carboxylic acids is 1. The van der Waals surface area contributed by atoms with Crippen molar-refractivity contribution >= 4 is 34.6 Å². The van der Waals surface area contributed by atoms with Gasteiger partial charge in [-0.2, -0.15) is 15.6 Å². The predicted molar refractivity (Wildman–Crippen MR) is 83.1 cm³/mol. The fraction of sp³-hybridized carbons (Fsp3) is 0.267. The minimum Gasteiger partial charge on any atom is -0.480 e. The second-order valence-electron chi connectivity index (χ2n) is 5.26. The number of aldehydes is 1. The lowest BCUT2D eigenvalue weighted by Gasteiger charge is -2.25. The highest BCUT2D eigenvalue weighted by atomic mass is 16.4. The summed E-state index contributed by atoms with van der Waals surface area (Å²) >= 11 is 0. The molecule has 0 saturated carbocycles. The van der Waals surface area contributed by atoms with Crippen LogP contribution < -0.4 is 10.5 Å². The van der Waals surface area contributed by atoms with Crippen LogP contribution in [-0.2, 0) is 4.79 Å². The van der Waals surface area contributed by atoms with Crippen LogP contribution in [-0.4, -0.2) is 33.6 Å². The Kier molecular flexibility index (Phi) is 3.22. The van der Waals surface area contributed by atoms with Crippen molar-refractivity contribution in [1.29, 1.82) is 0 Å². The Bertz CT molecular complexity index is 795. The number of aliphatic carboxylic acids is 1. The zero-order valence-corrected chi connectivity index (χ0v) is 12.3. The van der Waals surface area contributed by atoms with Crippen molar-refractivity contribution in [3.63, 3.8) is 0 Å². The first kappa shape index (κ1) is 14.3. The van der Waals surface area contributed by atoms with Gasteiger partial charge in [0.1, 0.15) is 0 Å². The van der Waals surface area contributed by atoms with Gasteiger partial charge in [-0.05, 0) is 31.5 Å². The van der Waals surface area contributed by atoms with E-state index in [1.54, 1.807) is 26.1 Å². The van der Waals surface area contributed by atoms with Gasteiger partial charge in [-0.15, -0.1) is 0 Å². The zero-order chi connectivity index (χ0) is 15.9. The van der Waals surface area contributed by atoms with Crippen molar-refractivity contribution in [2.75, 3.05) is 5.12 Å². The monoisotopic (exact) mass is 300 g/mol. The number of hydrazone groups is 1. The summed E-state index contributed by atoms with van der Waals surface area (Å²) in [5.74, 6) is -0.963. The number of carboxylic acid groups (broad SMARTS) is 1. The number of aromatic nitrogens is 1. The van der Waals surface area contributed by atoms with E-state index in [0.717, 1.165) is 17.2 Å². The number of fused-ring (bicyclic) bond motifs is 1. The van der Waals surface area contributed by atoms with Crippen LogP contribution in [0.25, 0.3) is 10.9 Å². The maximum atomic E-state index is 11.6. The van der Waals surface area contributed by atoms with Gasteiger partial charge in [-0.1, -0.05) is 6.92 Å². The number of nitrogens with zero attached hydrogens (tertiary/aromatic N) is 2. The summed E-state index contributed by atoms with van der Waals surface area (Å²) in [7, 11) is 0. The summed E-state index contributed by atoms with van der Waals surface area (Å²) in [6, 6.07) is 5.44. The molecule has 1 aliphatic heterocycles. The van der Waals surface area contributed by atoms with E-state index in [0.29, 0.717) is 23.4 Å². The molecule has 1 atom stereocenters. The molecule has 22 heavy (non-hydrogen) atoms. The fourth-order valence-electron chi connectivity index (χ4n) is 2.69. The molecule has 2 heterocycles. The van der Waals surface area contributed by atoms with Gasteiger partial charge < -0.3 is 10.1 Å². The molecule has 0 amide bonds. The number of H-pyrrole nitrogens is 1. The number of benzene rings is 1. The minimum atomic E-state index is -1.19. The summed E-state index contributed by atoms with van der Waals surface area (Å²) < 4.78 is 0. The molecule has 2 aromatic rings. The smallest absolute Gasteiger partial charge is 0.331 e. The molecule has 1 aromatic carbocycles. The van der Waals surface area contributed by atoms with Crippen molar-refractivity contribution in [1.82, 2.24) is 10.4 Å². The summed E-state index contributed by atoms with van der Waals surface area (Å²) in [6.07, 6.45) is 2.79. The van der Waals surface area contributed by atoms with Crippen LogP contribution in [0.15, 0.2) is 29.5 Å². The molecular weight excluding hydrogens is 284 g/mol. The van der Waals surface area contributed by atoms with E-state index < -0.39 is 11.5 Å². The number of aromatic amines is 1. The van der Waals surface area contributed by atoms with Crippen LogP contribution in [0.2, 0.25) is 0 Å². The molecule has 0 aliphatic carbocycles. The lowest BCUT2D eigenvalue weighted by molar-refractivity contribution is -0.141. The van der Waals surface area contributed by atoms with Crippen molar-refractivity contribution in [3.8, 4) is 0 Å². The first-order valence-electron chi connectivity index (χ1n) is 6.95. The van der Waals surface area contributed by atoms with Crippen LogP contribution in [0.3, 0.4) is 0 Å². The number of rotatable bonds is 4. The number of hydrogen-bond acceptors (Lipinski definition) is 5. The maximum Gasteiger partial charge on any atom is 0.331 e. The standard InChI is InChI=1S/C15H16N4O3/c1-3-15(14(21)22)9(2)17-19(18-15)11-4-5-13-12(6-11)10(8-20)7-16-13/h4-8,16,18H,3H2,1-2H3,(H,21,22). The molecule has 3 N–H and O–H groups in total. The molecular formula is C15H16N4O3. The SMILES string of the molecule is CCC1(C(=O)O)NN(c2ccc3[nH]cc(C=O)c3c2)N=C1C. The van der Waals surface area contributed by atoms with Gasteiger partial charge in [0.2, 0.25) is 0 Å². The van der Waals surface area contributed by atoms with Crippen LogP contribution in [0.1, 0.15) is 30.6 Å². The molecule has 0 radical (unpaired) electrons. The van der Waals surface area contributed by atoms with Gasteiger partial charge in [-0.25, -0.2) is 4.79 Å². The molecule has 1 unspecified atom stereocenters. The summed E-state index contributed by atoms with van der Waals surface area (Å²) in [5.41, 5.74) is 4.31. The molecule has 1 aliphatic rings. The first-order chi connectivity index (χ1) is 10.5. The number of anilines is 1. The van der Waals surface area contributed by atoms with E-state index in [-0.39, 0.29) is 0 Å². The van der Waals surface area contributed by atoms with Gasteiger partial charge in [0.25, 0.3) is 0 Å². The Morgan fingerprint density at radius 3 is 2.86 bits per heavy atom. The summed E-state index contributed by atoms with van der Waals surface area (Å²) in [4.78, 5) is 25.7. The Balaban J connectivity index is 2.02. The van der Waals surface area contributed by atoms with Crippen molar-refractivity contribution in [3.05, 3.63) is 30.0 Å². The maximum absolute atomic E-state index is 11.6. The third-order valence-corrected chi connectivity index (χ3v) is 4.13. The van der Waals surface area contributed by atoms with Crippen LogP contribution in [0, 0.1) is 0 Å². The zero-order valence-electron chi connectivity index (χ0n) is 12.3. The van der Waals surface area contributed by atoms with Gasteiger partial charge in [0.15, 0.2) is 11.8 Å². The van der Waals surface area contributed by atoms with E-state index >= 15 is 0 Å². The van der Waals surface area contributed by atoms with E-state index in [4.69, 9.17) is 0 Å². The molecule has 0 fully saturated rings. The Hall–Kier alpha value is -2.67. The molecule has 7 heteroatoms. The van der Waals surface area contributed by atoms with E-state index in [2.05, 4.69) is 15.5 Å². The van der Waals surface area contributed by atoms with Crippen molar-refractivity contribution in [2.24, 2.45) is 5.10 Å². The minimum absolute atomic E-state index is 0.375. The normalized spacial score (nSPS) is 21.2. The third-order valence-electron chi connectivity index (χ3n) is 4.13. The number of hydrazine groups is 1. The summed E-state index contributed by atoms with van der Waals surface area (Å²) in [5, 5.41) is 16.0. The molecule has 7 nitrogen and oxygen atoms in total. The molecule has 3 rings (SSSR count). The Labute approximate surface area is 126 Å². The fourth-order valence-corrected chi connectivity index (χ4v) is 2.69. The van der Waals surface area contributed by atoms with Crippen molar-refractivity contribution in [2.45, 2.75) is 25.8 Å².